The molecule has 0 aromatic carbocycles. The molecule has 0 aliphatic rings. The van der Waals surface area contributed by atoms with Gasteiger partial charge in [0.05, 0.1) is 0 Å². The maximum atomic E-state index is 13.5. The van der Waals surface area contributed by atoms with Crippen LogP contribution in [0.25, 0.3) is 0 Å². The van der Waals surface area contributed by atoms with Crippen molar-refractivity contribution in [2.24, 2.45) is 5.41 Å². The molecule has 0 fully saturated rings. The summed E-state index contributed by atoms with van der Waals surface area (Å²) < 4.78 is 53.6. The minimum Gasteiger partial charge on any atom is -0.481 e. The van der Waals surface area contributed by atoms with Gasteiger partial charge in [0.15, 0.2) is 0 Å². The zero-order valence-corrected chi connectivity index (χ0v) is 9.84. The molecule has 4 nitrogen and oxygen atoms in total. The molecule has 106 valence electrons. The standard InChI is InChI=1S/C10H14F4O4/c1-8(2,7(17)18)10(13,14)9(11,12)5-3-4-6(15)16/h3-5H2,1-2H3,(H,15,16)(H,17,18). The van der Waals surface area contributed by atoms with Crippen molar-refractivity contribution in [2.45, 2.75) is 45.0 Å². The lowest BCUT2D eigenvalue weighted by Crippen LogP contribution is -2.54. The fourth-order valence-electron chi connectivity index (χ4n) is 1.21. The predicted octanol–water partition coefficient (Wildman–Crippen LogP) is 2.62. The van der Waals surface area contributed by atoms with Gasteiger partial charge in [-0.2, -0.15) is 17.6 Å². The maximum Gasteiger partial charge on any atom is 0.325 e. The van der Waals surface area contributed by atoms with Crippen molar-refractivity contribution >= 4 is 11.9 Å². The smallest absolute Gasteiger partial charge is 0.325 e. The van der Waals surface area contributed by atoms with Crippen molar-refractivity contribution < 1.29 is 37.4 Å². The lowest BCUT2D eigenvalue weighted by Gasteiger charge is -2.35. The number of rotatable bonds is 7. The Morgan fingerprint density at radius 3 is 1.83 bits per heavy atom. The summed E-state index contributed by atoms with van der Waals surface area (Å²) in [5, 5.41) is 16.8. The second-order valence-corrected chi connectivity index (χ2v) is 4.46. The summed E-state index contributed by atoms with van der Waals surface area (Å²) in [7, 11) is 0. The minimum atomic E-state index is -4.77. The lowest BCUT2D eigenvalue weighted by atomic mass is 9.80. The van der Waals surface area contributed by atoms with Crippen molar-refractivity contribution in [1.29, 1.82) is 0 Å². The number of hydrogen-bond donors (Lipinski definition) is 2. The highest BCUT2D eigenvalue weighted by Crippen LogP contribution is 2.49. The summed E-state index contributed by atoms with van der Waals surface area (Å²) in [5.41, 5.74) is -2.94. The molecule has 0 radical (unpaired) electrons. The number of halogens is 4. The molecular formula is C10H14F4O4. The molecule has 0 atom stereocenters. The number of aliphatic carboxylic acids is 2. The van der Waals surface area contributed by atoms with Gasteiger partial charge in [-0.3, -0.25) is 9.59 Å². The molecule has 0 aromatic rings. The molecule has 0 unspecified atom stereocenters. The number of hydrogen-bond acceptors (Lipinski definition) is 2. The van der Waals surface area contributed by atoms with Crippen molar-refractivity contribution in [3.05, 3.63) is 0 Å². The third kappa shape index (κ3) is 3.11. The summed E-state index contributed by atoms with van der Waals surface area (Å²) in [6.45, 7) is 1.00. The highest BCUT2D eigenvalue weighted by Gasteiger charge is 2.67. The Kier molecular flexibility index (Phi) is 4.73. The van der Waals surface area contributed by atoms with Crippen LogP contribution in [-0.2, 0) is 9.59 Å². The van der Waals surface area contributed by atoms with Crippen LogP contribution in [0.15, 0.2) is 0 Å². The molecular weight excluding hydrogens is 260 g/mol. The molecule has 0 aromatic heterocycles. The van der Waals surface area contributed by atoms with Crippen LogP contribution in [0.5, 0.6) is 0 Å². The SMILES string of the molecule is CC(C)(C(=O)O)C(F)(F)C(F)(F)CCCC(=O)O. The average molecular weight is 274 g/mol. The number of carboxylic acids is 2. The fraction of sp³-hybridized carbons (Fsp3) is 0.800. The summed E-state index contributed by atoms with van der Waals surface area (Å²) in [5.74, 6) is -12.8. The Labute approximate surface area is 101 Å². The van der Waals surface area contributed by atoms with Crippen LogP contribution >= 0.6 is 0 Å². The summed E-state index contributed by atoms with van der Waals surface area (Å²) in [6, 6.07) is 0. The Morgan fingerprint density at radius 2 is 1.50 bits per heavy atom. The van der Waals surface area contributed by atoms with E-state index >= 15 is 0 Å². The fourth-order valence-corrected chi connectivity index (χ4v) is 1.21. The minimum absolute atomic E-state index is 0.500. The Bertz CT molecular complexity index is 339. The van der Waals surface area contributed by atoms with E-state index in [4.69, 9.17) is 10.2 Å². The van der Waals surface area contributed by atoms with Gasteiger partial charge in [0.25, 0.3) is 0 Å². The van der Waals surface area contributed by atoms with Gasteiger partial charge >= 0.3 is 23.8 Å². The van der Waals surface area contributed by atoms with Crippen LogP contribution in [0.1, 0.15) is 33.1 Å². The molecule has 0 spiro atoms. The van der Waals surface area contributed by atoms with Gasteiger partial charge in [-0.25, -0.2) is 0 Å². The van der Waals surface area contributed by atoms with Crippen LogP contribution in [0, 0.1) is 5.41 Å². The van der Waals surface area contributed by atoms with E-state index in [1.165, 1.54) is 0 Å². The molecule has 0 bridgehead atoms. The van der Waals surface area contributed by atoms with Crippen LogP contribution < -0.4 is 0 Å². The van der Waals surface area contributed by atoms with Crippen molar-refractivity contribution in [3.63, 3.8) is 0 Å². The number of carbonyl (C=O) groups is 2. The van der Waals surface area contributed by atoms with E-state index < -0.39 is 48.5 Å². The summed E-state index contributed by atoms with van der Waals surface area (Å²) in [6.07, 6.45) is -2.73. The van der Waals surface area contributed by atoms with E-state index in [0.717, 1.165) is 0 Å². The molecule has 0 rings (SSSR count). The van der Waals surface area contributed by atoms with E-state index in [2.05, 4.69) is 0 Å². The Balaban J connectivity index is 4.96. The van der Waals surface area contributed by atoms with Gasteiger partial charge in [-0.05, 0) is 20.3 Å². The van der Waals surface area contributed by atoms with E-state index in [-0.39, 0.29) is 0 Å². The molecule has 18 heavy (non-hydrogen) atoms. The Morgan fingerprint density at radius 1 is 1.06 bits per heavy atom. The Hall–Kier alpha value is -1.34. The van der Waals surface area contributed by atoms with Crippen molar-refractivity contribution in [3.8, 4) is 0 Å². The van der Waals surface area contributed by atoms with Gasteiger partial charge in [0, 0.05) is 12.8 Å². The molecule has 8 heteroatoms. The van der Waals surface area contributed by atoms with Gasteiger partial charge in [-0.15, -0.1) is 0 Å². The van der Waals surface area contributed by atoms with Crippen molar-refractivity contribution in [2.75, 3.05) is 0 Å². The number of alkyl halides is 4. The molecule has 0 aliphatic heterocycles. The quantitative estimate of drug-likeness (QED) is 0.700. The first-order valence-corrected chi connectivity index (χ1v) is 5.07. The molecule has 0 amide bonds. The van der Waals surface area contributed by atoms with Gasteiger partial charge < -0.3 is 10.2 Å². The third-order valence-electron chi connectivity index (χ3n) is 2.66. The first-order chi connectivity index (χ1) is 7.86. The van der Waals surface area contributed by atoms with Gasteiger partial charge in [-0.1, -0.05) is 0 Å². The zero-order chi connectivity index (χ0) is 14.8. The highest BCUT2D eigenvalue weighted by molar-refractivity contribution is 5.75. The lowest BCUT2D eigenvalue weighted by molar-refractivity contribution is -0.263. The van der Waals surface area contributed by atoms with Crippen LogP contribution in [-0.4, -0.2) is 34.0 Å². The summed E-state index contributed by atoms with van der Waals surface area (Å²) in [4.78, 5) is 20.7. The monoisotopic (exact) mass is 274 g/mol. The molecule has 0 aliphatic carbocycles. The van der Waals surface area contributed by atoms with E-state index in [1.54, 1.807) is 0 Å². The zero-order valence-electron chi connectivity index (χ0n) is 9.84. The third-order valence-corrected chi connectivity index (χ3v) is 2.66. The first kappa shape index (κ1) is 16.7. The maximum absolute atomic E-state index is 13.5. The van der Waals surface area contributed by atoms with Gasteiger partial charge in [0.1, 0.15) is 5.41 Å². The molecule has 0 saturated carbocycles. The topological polar surface area (TPSA) is 74.6 Å². The normalized spacial score (nSPS) is 13.4. The first-order valence-electron chi connectivity index (χ1n) is 5.07. The van der Waals surface area contributed by atoms with E-state index in [0.29, 0.717) is 13.8 Å². The largest absolute Gasteiger partial charge is 0.481 e. The van der Waals surface area contributed by atoms with Crippen LogP contribution in [0.3, 0.4) is 0 Å². The van der Waals surface area contributed by atoms with Gasteiger partial charge in [0.2, 0.25) is 0 Å². The molecule has 0 heterocycles. The second kappa shape index (κ2) is 5.11. The highest BCUT2D eigenvalue weighted by atomic mass is 19.3. The predicted molar refractivity (Wildman–Crippen MR) is 52.8 cm³/mol. The molecule has 0 saturated heterocycles. The van der Waals surface area contributed by atoms with Crippen LogP contribution in [0.2, 0.25) is 0 Å². The number of carboxylic acid groups (broad SMARTS) is 2. The van der Waals surface area contributed by atoms with Crippen molar-refractivity contribution in [1.82, 2.24) is 0 Å². The van der Waals surface area contributed by atoms with E-state index in [9.17, 15) is 27.2 Å². The average Bonchev–Trinajstić information content (AvgIpc) is 2.15. The van der Waals surface area contributed by atoms with Crippen LogP contribution in [0.4, 0.5) is 17.6 Å². The van der Waals surface area contributed by atoms with E-state index in [1.807, 2.05) is 0 Å². The summed E-state index contributed by atoms with van der Waals surface area (Å²) >= 11 is 0. The second-order valence-electron chi connectivity index (χ2n) is 4.46. The molecule has 2 N–H and O–H groups in total.